The van der Waals surface area contributed by atoms with E-state index in [1.165, 1.54) is 32.1 Å². The predicted molar refractivity (Wildman–Crippen MR) is 86.8 cm³/mol. The molecule has 0 bridgehead atoms. The van der Waals surface area contributed by atoms with Crippen LogP contribution in [0, 0.1) is 47.6 Å². The van der Waals surface area contributed by atoms with Crippen molar-refractivity contribution in [1.82, 2.24) is 0 Å². The van der Waals surface area contributed by atoms with E-state index in [2.05, 4.69) is 6.08 Å². The SMILES string of the molecule is CC.CC1=[C-]CC(=O)C(C(=O)/C=C/C2CCCCC2)=C1C.[La]. The summed E-state index contributed by atoms with van der Waals surface area (Å²) in [6.45, 7) is 7.74. The second-order valence-corrected chi connectivity index (χ2v) is 5.52. The molecule has 0 aliphatic heterocycles. The van der Waals surface area contributed by atoms with Gasteiger partial charge < -0.3 is 0 Å². The minimum atomic E-state index is -0.131. The van der Waals surface area contributed by atoms with Crippen molar-refractivity contribution in [1.29, 1.82) is 0 Å². The van der Waals surface area contributed by atoms with E-state index in [1.54, 1.807) is 6.08 Å². The number of carbonyl (C=O) groups is 2. The Hall–Kier alpha value is -0.245. The fraction of sp³-hybridized carbons (Fsp3) is 0.579. The Labute approximate surface area is 163 Å². The molecule has 0 amide bonds. The van der Waals surface area contributed by atoms with Crippen molar-refractivity contribution < 1.29 is 45.2 Å². The number of allylic oxidation sites excluding steroid dienone is 6. The van der Waals surface area contributed by atoms with E-state index in [0.29, 0.717) is 11.5 Å². The van der Waals surface area contributed by atoms with Crippen LogP contribution in [0.1, 0.15) is 66.2 Å². The summed E-state index contributed by atoms with van der Waals surface area (Å²) in [6.07, 6.45) is 13.0. The van der Waals surface area contributed by atoms with Gasteiger partial charge in [0.15, 0.2) is 5.78 Å². The first kappa shape index (κ1) is 21.8. The first-order valence-corrected chi connectivity index (χ1v) is 8.14. The second-order valence-electron chi connectivity index (χ2n) is 5.52. The first-order valence-electron chi connectivity index (χ1n) is 8.14. The Balaban J connectivity index is 0.00000141. The van der Waals surface area contributed by atoms with Crippen molar-refractivity contribution in [2.24, 2.45) is 5.92 Å². The summed E-state index contributed by atoms with van der Waals surface area (Å²) in [4.78, 5) is 24.1. The molecule has 1 saturated carbocycles. The van der Waals surface area contributed by atoms with Gasteiger partial charge in [0.1, 0.15) is 5.78 Å². The van der Waals surface area contributed by atoms with Crippen LogP contribution in [0.4, 0.5) is 0 Å². The van der Waals surface area contributed by atoms with Gasteiger partial charge in [-0.3, -0.25) is 15.7 Å². The van der Waals surface area contributed by atoms with E-state index in [-0.39, 0.29) is 53.6 Å². The third kappa shape index (κ3) is 6.10. The largest absolute Gasteiger partial charge is 0.297 e. The maximum absolute atomic E-state index is 12.2. The number of rotatable bonds is 3. The molecule has 0 aromatic rings. The topological polar surface area (TPSA) is 34.1 Å². The summed E-state index contributed by atoms with van der Waals surface area (Å²) >= 11 is 0. The Morgan fingerprint density at radius 3 is 2.32 bits per heavy atom. The predicted octanol–water partition coefficient (Wildman–Crippen LogP) is 4.76. The third-order valence-electron chi connectivity index (χ3n) is 4.15. The first-order chi connectivity index (χ1) is 10.1. The zero-order valence-electron chi connectivity index (χ0n) is 14.4. The average Bonchev–Trinajstić information content (AvgIpc) is 2.52. The zero-order valence-corrected chi connectivity index (χ0v) is 18.0. The number of ketones is 2. The molecule has 0 N–H and O–H groups in total. The molecule has 0 spiro atoms. The van der Waals surface area contributed by atoms with E-state index in [0.717, 1.165) is 11.1 Å². The van der Waals surface area contributed by atoms with Crippen molar-refractivity contribution >= 4 is 11.6 Å². The summed E-state index contributed by atoms with van der Waals surface area (Å²) in [5, 5.41) is 0. The Morgan fingerprint density at radius 1 is 1.14 bits per heavy atom. The van der Waals surface area contributed by atoms with Gasteiger partial charge in [-0.2, -0.15) is 5.57 Å². The molecule has 22 heavy (non-hydrogen) atoms. The Morgan fingerprint density at radius 2 is 1.73 bits per heavy atom. The molecule has 119 valence electrons. The van der Waals surface area contributed by atoms with Gasteiger partial charge in [0.05, 0.1) is 0 Å². The number of hydrogen-bond acceptors (Lipinski definition) is 2. The van der Waals surface area contributed by atoms with Crippen molar-refractivity contribution in [3.8, 4) is 0 Å². The van der Waals surface area contributed by atoms with Crippen LogP contribution in [0.5, 0.6) is 0 Å². The van der Waals surface area contributed by atoms with Crippen LogP contribution in [0.25, 0.3) is 0 Å². The van der Waals surface area contributed by atoms with E-state index in [9.17, 15) is 9.59 Å². The fourth-order valence-electron chi connectivity index (χ4n) is 2.79. The number of carbonyl (C=O) groups excluding carboxylic acids is 2. The van der Waals surface area contributed by atoms with Crippen LogP contribution in [-0.4, -0.2) is 11.6 Å². The Bertz CT molecular complexity index is 478. The van der Waals surface area contributed by atoms with Gasteiger partial charge in [0.2, 0.25) is 0 Å². The van der Waals surface area contributed by atoms with Gasteiger partial charge in [0.25, 0.3) is 0 Å². The molecule has 0 atom stereocenters. The zero-order chi connectivity index (χ0) is 15.8. The van der Waals surface area contributed by atoms with Gasteiger partial charge in [-0.1, -0.05) is 46.1 Å². The van der Waals surface area contributed by atoms with Crippen LogP contribution in [0.3, 0.4) is 0 Å². The van der Waals surface area contributed by atoms with Crippen LogP contribution < -0.4 is 0 Å². The second kappa shape index (κ2) is 11.3. The molecular weight excluding hydrogens is 399 g/mol. The minimum Gasteiger partial charge on any atom is -0.297 e. The minimum absolute atomic E-state index is 0. The van der Waals surface area contributed by atoms with Gasteiger partial charge in [-0.05, 0) is 36.8 Å². The van der Waals surface area contributed by atoms with Crippen LogP contribution in [0.15, 0.2) is 28.9 Å². The molecule has 2 nitrogen and oxygen atoms in total. The quantitative estimate of drug-likeness (QED) is 0.371. The molecule has 0 unspecified atom stereocenters. The van der Waals surface area contributed by atoms with Gasteiger partial charge >= 0.3 is 0 Å². The van der Waals surface area contributed by atoms with Gasteiger partial charge in [0, 0.05) is 35.6 Å². The normalized spacial score (nSPS) is 19.3. The van der Waals surface area contributed by atoms with Crippen molar-refractivity contribution in [3.05, 3.63) is 34.9 Å². The van der Waals surface area contributed by atoms with E-state index in [4.69, 9.17) is 0 Å². The van der Waals surface area contributed by atoms with Gasteiger partial charge in [-0.25, -0.2) is 5.57 Å². The summed E-state index contributed by atoms with van der Waals surface area (Å²) < 4.78 is 0. The molecule has 2 aliphatic rings. The number of hydrogen-bond donors (Lipinski definition) is 0. The van der Waals surface area contributed by atoms with Crippen molar-refractivity contribution in [2.75, 3.05) is 0 Å². The molecule has 0 aromatic carbocycles. The summed E-state index contributed by atoms with van der Waals surface area (Å²) in [5.74, 6) is 0.288. The smallest absolute Gasteiger partial charge is 0.171 e. The molecule has 0 aromatic heterocycles. The van der Waals surface area contributed by atoms with Crippen molar-refractivity contribution in [2.45, 2.75) is 66.2 Å². The van der Waals surface area contributed by atoms with E-state index in [1.807, 2.05) is 33.8 Å². The molecule has 1 fully saturated rings. The standard InChI is InChI=1S/C17H21O2.C2H6.La/c1-12-8-10-15(18)17(13(12)2)16(19)11-9-14-6-4-3-5-7-14;1-2;/h9,11,14H,3-7,10H2,1-2H3;1-2H3;/q-1;;/b11-9+;;. The molecule has 2 rings (SSSR count). The van der Waals surface area contributed by atoms with Crippen LogP contribution in [-0.2, 0) is 9.59 Å². The van der Waals surface area contributed by atoms with Crippen LogP contribution >= 0.6 is 0 Å². The van der Waals surface area contributed by atoms with E-state index >= 15 is 0 Å². The monoisotopic (exact) mass is 426 g/mol. The maximum atomic E-state index is 12.2. The van der Waals surface area contributed by atoms with Crippen molar-refractivity contribution in [3.63, 3.8) is 0 Å². The Kier molecular flexibility index (Phi) is 11.2. The van der Waals surface area contributed by atoms with Crippen LogP contribution in [0.2, 0.25) is 0 Å². The van der Waals surface area contributed by atoms with Gasteiger partial charge in [-0.15, -0.1) is 6.92 Å². The molecule has 1 radical (unpaired) electrons. The maximum Gasteiger partial charge on any atom is 0.171 e. The molecule has 3 heteroatoms. The molecule has 0 saturated heterocycles. The summed E-state index contributed by atoms with van der Waals surface area (Å²) in [7, 11) is 0. The molecule has 0 heterocycles. The average molecular weight is 426 g/mol. The molecular formula is C19H27LaO2-. The summed E-state index contributed by atoms with van der Waals surface area (Å²) in [6, 6.07) is 0. The fourth-order valence-corrected chi connectivity index (χ4v) is 2.79. The molecule has 2 aliphatic carbocycles. The van der Waals surface area contributed by atoms with E-state index < -0.39 is 0 Å². The summed E-state index contributed by atoms with van der Waals surface area (Å²) in [5.41, 5.74) is 2.08. The number of Topliss-reactive ketones (excluding diaryl/α,β-unsaturated/α-hetero) is 1. The third-order valence-corrected chi connectivity index (χ3v) is 4.15.